The zero-order valence-corrected chi connectivity index (χ0v) is 30.2. The molecule has 0 bridgehead atoms. The van der Waals surface area contributed by atoms with Gasteiger partial charge in [0.05, 0.1) is 26.4 Å². The van der Waals surface area contributed by atoms with Crippen LogP contribution in [0.1, 0.15) is 64.7 Å². The van der Waals surface area contributed by atoms with Crippen molar-refractivity contribution in [2.45, 2.75) is 71.3 Å². The largest absolute Gasteiger partial charge is 0.379 e. The molecule has 0 radical (unpaired) electrons. The highest BCUT2D eigenvalue weighted by molar-refractivity contribution is 5.91. The second-order valence-electron chi connectivity index (χ2n) is 12.7. The minimum atomic E-state index is 0.103. The molecule has 0 saturated heterocycles. The van der Waals surface area contributed by atoms with E-state index in [1.54, 1.807) is 0 Å². The van der Waals surface area contributed by atoms with Crippen LogP contribution in [0.2, 0.25) is 0 Å². The molecule has 0 fully saturated rings. The van der Waals surface area contributed by atoms with Gasteiger partial charge >= 0.3 is 0 Å². The van der Waals surface area contributed by atoms with E-state index in [0.717, 1.165) is 51.5 Å². The monoisotopic (exact) mass is 666 g/mol. The molecule has 2 N–H and O–H groups in total. The number of rotatable bonds is 25. The summed E-state index contributed by atoms with van der Waals surface area (Å²) in [5.74, 6) is 0.222. The van der Waals surface area contributed by atoms with Gasteiger partial charge in [0.2, 0.25) is 22.8 Å². The fraction of sp³-hybridized carbons (Fsp3) is 0.605. The number of hydrogen-bond acceptors (Lipinski definition) is 7. The summed E-state index contributed by atoms with van der Waals surface area (Å²) in [4.78, 5) is 28.2. The van der Waals surface area contributed by atoms with E-state index in [1.807, 2.05) is 0 Å². The van der Waals surface area contributed by atoms with Crippen LogP contribution in [0.15, 0.2) is 42.5 Å². The number of nitrogens with one attached hydrogen (secondary N) is 2. The third-order valence-electron chi connectivity index (χ3n) is 8.32. The normalized spacial score (nSPS) is 11.3. The number of aryl methyl sites for hydroxylation is 1. The maximum Gasteiger partial charge on any atom is 0.219 e. The quantitative estimate of drug-likeness (QED) is 0.0727. The van der Waals surface area contributed by atoms with Gasteiger partial charge in [0.15, 0.2) is 0 Å². The van der Waals surface area contributed by atoms with Crippen molar-refractivity contribution in [3.05, 3.63) is 42.5 Å². The van der Waals surface area contributed by atoms with E-state index in [0.29, 0.717) is 65.6 Å². The van der Waals surface area contributed by atoms with E-state index in [4.69, 9.17) is 14.2 Å². The molecule has 266 valence electrons. The first-order valence-electron chi connectivity index (χ1n) is 17.8. The molecule has 10 heteroatoms. The van der Waals surface area contributed by atoms with Gasteiger partial charge in [0.1, 0.15) is 6.54 Å². The van der Waals surface area contributed by atoms with Gasteiger partial charge in [-0.1, -0.05) is 13.3 Å². The Morgan fingerprint density at radius 2 is 1.08 bits per heavy atom. The van der Waals surface area contributed by atoms with Gasteiger partial charge in [-0.25, -0.2) is 0 Å². The van der Waals surface area contributed by atoms with Gasteiger partial charge in [0.25, 0.3) is 0 Å². The van der Waals surface area contributed by atoms with Crippen molar-refractivity contribution in [1.29, 1.82) is 0 Å². The molecule has 0 aliphatic carbocycles. The highest BCUT2D eigenvalue weighted by Gasteiger charge is 2.17. The Labute approximate surface area is 288 Å². The predicted octanol–water partition coefficient (Wildman–Crippen LogP) is 5.23. The summed E-state index contributed by atoms with van der Waals surface area (Å²) in [6.45, 7) is 7.54. The van der Waals surface area contributed by atoms with Crippen LogP contribution in [-0.2, 0) is 30.3 Å². The number of anilines is 2. The van der Waals surface area contributed by atoms with Crippen LogP contribution in [0, 0.1) is 0 Å². The molecule has 0 atom stereocenters. The van der Waals surface area contributed by atoms with Crippen LogP contribution in [-0.4, -0.2) is 92.7 Å². The van der Waals surface area contributed by atoms with Gasteiger partial charge in [-0.2, -0.15) is 4.57 Å². The number of carbonyl (C=O) groups excluding carboxylic acids is 2. The Bertz CT molecular complexity index is 1330. The molecule has 0 unspecified atom stereocenters. The number of unbranched alkanes of at least 4 members (excludes halogenated alkanes) is 3. The lowest BCUT2D eigenvalue weighted by Crippen LogP contribution is -2.36. The number of pyridine rings is 1. The van der Waals surface area contributed by atoms with Crippen molar-refractivity contribution in [3.8, 4) is 0 Å². The first-order valence-corrected chi connectivity index (χ1v) is 17.8. The van der Waals surface area contributed by atoms with Crippen molar-refractivity contribution in [3.63, 3.8) is 0 Å². The predicted molar refractivity (Wildman–Crippen MR) is 196 cm³/mol. The first-order chi connectivity index (χ1) is 23.3. The van der Waals surface area contributed by atoms with Gasteiger partial charge < -0.3 is 34.6 Å². The van der Waals surface area contributed by atoms with E-state index in [-0.39, 0.29) is 11.8 Å². The van der Waals surface area contributed by atoms with E-state index in [9.17, 15) is 9.59 Å². The minimum absolute atomic E-state index is 0.103. The number of amides is 2. The van der Waals surface area contributed by atoms with Gasteiger partial charge in [-0.05, 0) is 62.4 Å². The molecule has 48 heavy (non-hydrogen) atoms. The zero-order chi connectivity index (χ0) is 34.6. The van der Waals surface area contributed by atoms with E-state index < -0.39 is 0 Å². The number of carbonyl (C=O) groups is 2. The van der Waals surface area contributed by atoms with E-state index >= 15 is 0 Å². The van der Waals surface area contributed by atoms with Crippen molar-refractivity contribution in [2.75, 3.05) is 90.7 Å². The van der Waals surface area contributed by atoms with Crippen LogP contribution < -0.4 is 25.0 Å². The molecule has 0 spiro atoms. The Kier molecular flexibility index (Phi) is 18.0. The summed E-state index contributed by atoms with van der Waals surface area (Å²) >= 11 is 0. The standard InChI is InChI=1S/C38H59N5O5/c1-6-7-13-37(44)39-19-11-22-46-24-26-48-27-25-47-23-12-20-40-38(45)14-9-8-10-21-43-35-29-33(41(2)3)17-15-31(35)28-32-16-18-34(42(4)5)30-36(32)43/h15-18,28-30H,6-14,19-27H2,1-5H3,(H-,39,40,44,45)/p+1. The summed E-state index contributed by atoms with van der Waals surface area (Å²) in [6, 6.07) is 15.6. The topological polar surface area (TPSA) is 96.2 Å². The molecule has 1 aromatic heterocycles. The van der Waals surface area contributed by atoms with Gasteiger partial charge in [-0.3, -0.25) is 9.59 Å². The number of aromatic nitrogens is 1. The average molecular weight is 667 g/mol. The molecule has 0 saturated carbocycles. The Morgan fingerprint density at radius 3 is 1.56 bits per heavy atom. The average Bonchev–Trinajstić information content (AvgIpc) is 3.07. The third-order valence-corrected chi connectivity index (χ3v) is 8.32. The summed E-state index contributed by atoms with van der Waals surface area (Å²) in [7, 11) is 8.31. The lowest BCUT2D eigenvalue weighted by molar-refractivity contribution is -0.645. The second kappa shape index (κ2) is 22.2. The fourth-order valence-corrected chi connectivity index (χ4v) is 5.46. The number of hydrogen-bond donors (Lipinski definition) is 2. The molecular formula is C38H60N5O5+. The Morgan fingerprint density at radius 1 is 0.604 bits per heavy atom. The SMILES string of the molecule is CCCCC(=O)NCCCOCCOCCOCCCNC(=O)CCCCC[n+]1c2cc(N(C)C)ccc2cc2ccc(N(C)C)cc21. The highest BCUT2D eigenvalue weighted by atomic mass is 16.5. The second-order valence-corrected chi connectivity index (χ2v) is 12.7. The first kappa shape index (κ1) is 39.0. The van der Waals surface area contributed by atoms with Gasteiger partial charge in [0, 0.05) is 108 Å². The molecule has 2 amide bonds. The maximum absolute atomic E-state index is 12.4. The Balaban J connectivity index is 1.24. The van der Waals surface area contributed by atoms with Gasteiger partial charge in [-0.15, -0.1) is 0 Å². The van der Waals surface area contributed by atoms with Crippen molar-refractivity contribution < 1.29 is 28.4 Å². The maximum atomic E-state index is 12.4. The molecular weight excluding hydrogens is 606 g/mol. The highest BCUT2D eigenvalue weighted by Crippen LogP contribution is 2.25. The lowest BCUT2D eigenvalue weighted by Gasteiger charge is -2.15. The molecule has 2 aromatic carbocycles. The molecule has 0 aliphatic rings. The molecule has 1 heterocycles. The van der Waals surface area contributed by atoms with Crippen LogP contribution in [0.25, 0.3) is 21.8 Å². The molecule has 10 nitrogen and oxygen atoms in total. The third kappa shape index (κ3) is 13.9. The Hall–Kier alpha value is -3.47. The van der Waals surface area contributed by atoms with E-state index in [1.165, 1.54) is 33.2 Å². The zero-order valence-electron chi connectivity index (χ0n) is 30.2. The molecule has 3 rings (SSSR count). The van der Waals surface area contributed by atoms with E-state index in [2.05, 4.69) is 103 Å². The van der Waals surface area contributed by atoms with Crippen LogP contribution in [0.3, 0.4) is 0 Å². The number of nitrogens with zero attached hydrogens (tertiary/aromatic N) is 3. The molecule has 3 aromatic rings. The summed E-state index contributed by atoms with van der Waals surface area (Å²) in [6.07, 6.45) is 7.55. The van der Waals surface area contributed by atoms with Crippen LogP contribution in [0.4, 0.5) is 11.4 Å². The van der Waals surface area contributed by atoms with Crippen molar-refractivity contribution >= 4 is 45.0 Å². The smallest absolute Gasteiger partial charge is 0.219 e. The number of benzene rings is 2. The van der Waals surface area contributed by atoms with Crippen LogP contribution >= 0.6 is 0 Å². The summed E-state index contributed by atoms with van der Waals surface area (Å²) < 4.78 is 19.1. The summed E-state index contributed by atoms with van der Waals surface area (Å²) in [5, 5.41) is 8.40. The lowest BCUT2D eigenvalue weighted by atomic mass is 10.1. The number of fused-ring (bicyclic) bond motifs is 2. The van der Waals surface area contributed by atoms with Crippen molar-refractivity contribution in [2.24, 2.45) is 0 Å². The summed E-state index contributed by atoms with van der Waals surface area (Å²) in [5.41, 5.74) is 4.84. The minimum Gasteiger partial charge on any atom is -0.379 e. The number of ether oxygens (including phenoxy) is 3. The van der Waals surface area contributed by atoms with Crippen LogP contribution in [0.5, 0.6) is 0 Å². The molecule has 0 aliphatic heterocycles. The fourth-order valence-electron chi connectivity index (χ4n) is 5.46. The van der Waals surface area contributed by atoms with Crippen molar-refractivity contribution in [1.82, 2.24) is 10.6 Å².